The summed E-state index contributed by atoms with van der Waals surface area (Å²) in [6, 6.07) is 0. The minimum Gasteiger partial charge on any atom is -0.317 e. The Balaban J connectivity index is 0.00000169. The van der Waals surface area contributed by atoms with Gasteiger partial charge in [0.15, 0.2) is 0 Å². The smallest absolute Gasteiger partial charge is 0.138 e. The summed E-state index contributed by atoms with van der Waals surface area (Å²) < 4.78 is 0. The van der Waals surface area contributed by atoms with Gasteiger partial charge in [-0.25, -0.2) is 0 Å². The van der Waals surface area contributed by atoms with Crippen LogP contribution in [0.5, 0.6) is 0 Å². The molecule has 14 heavy (non-hydrogen) atoms. The fourth-order valence-corrected chi connectivity index (χ4v) is 1.65. The highest BCUT2D eigenvalue weighted by atomic mass is 16.1. The summed E-state index contributed by atoms with van der Waals surface area (Å²) in [6.45, 7) is 8.20. The maximum Gasteiger partial charge on any atom is 0.138 e. The summed E-state index contributed by atoms with van der Waals surface area (Å²) in [5.41, 5.74) is -0.148. The molecule has 84 valence electrons. The lowest BCUT2D eigenvalue weighted by Gasteiger charge is -2.25. The number of hydrogen-bond acceptors (Lipinski definition) is 2. The van der Waals surface area contributed by atoms with E-state index in [4.69, 9.17) is 0 Å². The van der Waals surface area contributed by atoms with Crippen molar-refractivity contribution in [2.45, 2.75) is 47.5 Å². The second-order valence-electron chi connectivity index (χ2n) is 5.07. The van der Waals surface area contributed by atoms with Crippen molar-refractivity contribution in [1.29, 1.82) is 0 Å². The fourth-order valence-electron chi connectivity index (χ4n) is 1.65. The molecule has 0 radical (unpaired) electrons. The molecule has 1 heterocycles. The largest absolute Gasteiger partial charge is 0.317 e. The van der Waals surface area contributed by atoms with Crippen molar-refractivity contribution in [1.82, 2.24) is 5.32 Å². The number of hydrogen-bond donors (Lipinski definition) is 1. The molecule has 0 bridgehead atoms. The zero-order chi connectivity index (χ0) is 9.90. The molecular formula is C12H25NO. The van der Waals surface area contributed by atoms with Gasteiger partial charge in [-0.3, -0.25) is 4.79 Å². The minimum absolute atomic E-state index is 0. The molecule has 1 saturated heterocycles. The van der Waals surface area contributed by atoms with Crippen molar-refractivity contribution in [2.75, 3.05) is 13.1 Å². The van der Waals surface area contributed by atoms with Gasteiger partial charge in [0.05, 0.1) is 0 Å². The standard InChI is InChI=1S/C11H21NO.CH4/c1-11(2,3)10(13)8-9-4-6-12-7-5-9;/h9,12H,4-8H2,1-3H3;1H4. The van der Waals surface area contributed by atoms with E-state index in [1.807, 2.05) is 20.8 Å². The molecule has 0 unspecified atom stereocenters. The van der Waals surface area contributed by atoms with Gasteiger partial charge >= 0.3 is 0 Å². The van der Waals surface area contributed by atoms with E-state index >= 15 is 0 Å². The van der Waals surface area contributed by atoms with E-state index in [1.165, 1.54) is 12.8 Å². The van der Waals surface area contributed by atoms with Gasteiger partial charge in [0.2, 0.25) is 0 Å². The van der Waals surface area contributed by atoms with Crippen LogP contribution >= 0.6 is 0 Å². The van der Waals surface area contributed by atoms with E-state index in [0.717, 1.165) is 19.5 Å². The lowest BCUT2D eigenvalue weighted by Crippen LogP contribution is -2.31. The van der Waals surface area contributed by atoms with Crippen LogP contribution in [0.25, 0.3) is 0 Å². The topological polar surface area (TPSA) is 29.1 Å². The molecule has 0 amide bonds. The Labute approximate surface area is 88.5 Å². The predicted molar refractivity (Wildman–Crippen MR) is 61.4 cm³/mol. The summed E-state index contributed by atoms with van der Waals surface area (Å²) in [7, 11) is 0. The number of carbonyl (C=O) groups excluding carboxylic acids is 1. The maximum atomic E-state index is 11.7. The summed E-state index contributed by atoms with van der Waals surface area (Å²) in [6.07, 6.45) is 3.12. The van der Waals surface area contributed by atoms with Crippen LogP contribution in [0.2, 0.25) is 0 Å². The van der Waals surface area contributed by atoms with Gasteiger partial charge in [-0.05, 0) is 31.8 Å². The van der Waals surface area contributed by atoms with E-state index in [-0.39, 0.29) is 12.8 Å². The molecule has 2 heteroatoms. The number of piperidine rings is 1. The first-order valence-electron chi connectivity index (χ1n) is 5.24. The molecule has 1 aliphatic rings. The van der Waals surface area contributed by atoms with Crippen molar-refractivity contribution in [2.24, 2.45) is 11.3 Å². The van der Waals surface area contributed by atoms with Crippen molar-refractivity contribution in [3.8, 4) is 0 Å². The highest BCUT2D eigenvalue weighted by Crippen LogP contribution is 2.23. The average Bonchev–Trinajstić information content (AvgIpc) is 2.04. The molecule has 0 aromatic rings. The van der Waals surface area contributed by atoms with Gasteiger partial charge in [-0.2, -0.15) is 0 Å². The van der Waals surface area contributed by atoms with Crippen molar-refractivity contribution < 1.29 is 4.79 Å². The van der Waals surface area contributed by atoms with Gasteiger partial charge in [-0.1, -0.05) is 28.2 Å². The molecule has 1 N–H and O–H groups in total. The lowest BCUT2D eigenvalue weighted by molar-refractivity contribution is -0.127. The van der Waals surface area contributed by atoms with Gasteiger partial charge in [0.25, 0.3) is 0 Å². The summed E-state index contributed by atoms with van der Waals surface area (Å²) >= 11 is 0. The van der Waals surface area contributed by atoms with Crippen molar-refractivity contribution in [3.63, 3.8) is 0 Å². The number of carbonyl (C=O) groups is 1. The van der Waals surface area contributed by atoms with Crippen LogP contribution in [-0.4, -0.2) is 18.9 Å². The molecule has 0 aromatic heterocycles. The third-order valence-electron chi connectivity index (χ3n) is 2.77. The zero-order valence-electron chi connectivity index (χ0n) is 9.02. The molecule has 0 atom stereocenters. The zero-order valence-corrected chi connectivity index (χ0v) is 9.02. The summed E-state index contributed by atoms with van der Waals surface area (Å²) in [5.74, 6) is 1.05. The molecule has 0 aliphatic carbocycles. The monoisotopic (exact) mass is 199 g/mol. The van der Waals surface area contributed by atoms with Gasteiger partial charge in [0.1, 0.15) is 5.78 Å². The molecule has 1 fully saturated rings. The highest BCUT2D eigenvalue weighted by molar-refractivity contribution is 5.83. The van der Waals surface area contributed by atoms with Gasteiger partial charge < -0.3 is 5.32 Å². The second-order valence-corrected chi connectivity index (χ2v) is 5.07. The first-order chi connectivity index (χ1) is 6.00. The van der Waals surface area contributed by atoms with Crippen LogP contribution in [-0.2, 0) is 4.79 Å². The van der Waals surface area contributed by atoms with Crippen LogP contribution in [0, 0.1) is 11.3 Å². The van der Waals surface area contributed by atoms with E-state index in [2.05, 4.69) is 5.32 Å². The van der Waals surface area contributed by atoms with E-state index < -0.39 is 0 Å². The first-order valence-corrected chi connectivity index (χ1v) is 5.24. The van der Waals surface area contributed by atoms with Crippen LogP contribution in [0.15, 0.2) is 0 Å². The van der Waals surface area contributed by atoms with E-state index in [1.54, 1.807) is 0 Å². The predicted octanol–water partition coefficient (Wildman–Crippen LogP) is 2.63. The Bertz CT molecular complexity index is 175. The number of Topliss-reactive ketones (excluding diaryl/α,β-unsaturated/α-hetero) is 1. The Hall–Kier alpha value is -0.370. The number of ketones is 1. The van der Waals surface area contributed by atoms with E-state index in [0.29, 0.717) is 11.7 Å². The second kappa shape index (κ2) is 5.50. The minimum atomic E-state index is -0.148. The van der Waals surface area contributed by atoms with Crippen LogP contribution in [0.4, 0.5) is 0 Å². The van der Waals surface area contributed by atoms with Crippen LogP contribution in [0.3, 0.4) is 0 Å². The Kier molecular flexibility index (Phi) is 5.35. The van der Waals surface area contributed by atoms with Gasteiger partial charge in [0, 0.05) is 11.8 Å². The first kappa shape index (κ1) is 13.6. The third-order valence-corrected chi connectivity index (χ3v) is 2.77. The fraction of sp³-hybridized carbons (Fsp3) is 0.917. The normalized spacial score (nSPS) is 18.8. The molecule has 0 aromatic carbocycles. The van der Waals surface area contributed by atoms with E-state index in [9.17, 15) is 4.79 Å². The summed E-state index contributed by atoms with van der Waals surface area (Å²) in [4.78, 5) is 11.7. The van der Waals surface area contributed by atoms with Crippen molar-refractivity contribution in [3.05, 3.63) is 0 Å². The molecule has 0 spiro atoms. The molecule has 2 nitrogen and oxygen atoms in total. The summed E-state index contributed by atoms with van der Waals surface area (Å²) in [5, 5.41) is 3.32. The Morgan fingerprint density at radius 2 is 1.79 bits per heavy atom. The maximum absolute atomic E-state index is 11.7. The van der Waals surface area contributed by atoms with Gasteiger partial charge in [-0.15, -0.1) is 0 Å². The number of nitrogens with one attached hydrogen (secondary N) is 1. The Morgan fingerprint density at radius 1 is 1.29 bits per heavy atom. The molecular weight excluding hydrogens is 174 g/mol. The highest BCUT2D eigenvalue weighted by Gasteiger charge is 2.25. The quantitative estimate of drug-likeness (QED) is 0.740. The SMILES string of the molecule is C.CC(C)(C)C(=O)CC1CCNCC1. The molecule has 0 saturated carbocycles. The molecule has 1 rings (SSSR count). The average molecular weight is 199 g/mol. The van der Waals surface area contributed by atoms with Crippen LogP contribution in [0.1, 0.15) is 47.5 Å². The molecule has 1 aliphatic heterocycles. The lowest BCUT2D eigenvalue weighted by atomic mass is 9.82. The Morgan fingerprint density at radius 3 is 2.21 bits per heavy atom. The van der Waals surface area contributed by atoms with Crippen LogP contribution < -0.4 is 5.32 Å². The number of rotatable bonds is 2. The third kappa shape index (κ3) is 4.23. The van der Waals surface area contributed by atoms with Crippen molar-refractivity contribution >= 4 is 5.78 Å².